The van der Waals surface area contributed by atoms with Crippen LogP contribution in [0.4, 0.5) is 11.4 Å². The largest absolute Gasteiger partial charge is 0.383 e. The number of rotatable bonds is 3. The van der Waals surface area contributed by atoms with Gasteiger partial charge in [0, 0.05) is 7.05 Å². The van der Waals surface area contributed by atoms with Gasteiger partial charge in [0.15, 0.2) is 0 Å². The van der Waals surface area contributed by atoms with E-state index in [-0.39, 0.29) is 16.9 Å². The van der Waals surface area contributed by atoms with Crippen molar-refractivity contribution in [1.82, 2.24) is 0 Å². The summed E-state index contributed by atoms with van der Waals surface area (Å²) in [6, 6.07) is 4.35. The van der Waals surface area contributed by atoms with E-state index in [9.17, 15) is 14.9 Å². The van der Waals surface area contributed by atoms with Crippen LogP contribution in [0.2, 0.25) is 0 Å². The van der Waals surface area contributed by atoms with Gasteiger partial charge in [-0.2, -0.15) is 0 Å². The molecule has 1 aromatic carbocycles. The van der Waals surface area contributed by atoms with Crippen LogP contribution in [0, 0.1) is 10.1 Å². The second-order valence-electron chi connectivity index (χ2n) is 2.57. The SMILES string of the molecule is CNc1cccc(C(N)=O)c1[N+](=O)[O-]. The van der Waals surface area contributed by atoms with E-state index in [4.69, 9.17) is 5.73 Å². The van der Waals surface area contributed by atoms with Gasteiger partial charge in [-0.3, -0.25) is 14.9 Å². The Bertz CT molecular complexity index is 389. The number of nitro groups is 1. The number of carbonyl (C=O) groups is 1. The fourth-order valence-corrected chi connectivity index (χ4v) is 1.14. The van der Waals surface area contributed by atoms with E-state index in [0.29, 0.717) is 0 Å². The summed E-state index contributed by atoms with van der Waals surface area (Å²) in [5.41, 5.74) is 4.89. The zero-order valence-electron chi connectivity index (χ0n) is 7.48. The number of benzene rings is 1. The Morgan fingerprint density at radius 1 is 1.57 bits per heavy atom. The van der Waals surface area contributed by atoms with E-state index in [0.717, 1.165) is 0 Å². The summed E-state index contributed by atoms with van der Waals surface area (Å²) < 4.78 is 0. The van der Waals surface area contributed by atoms with Crippen LogP contribution in [0.25, 0.3) is 0 Å². The third kappa shape index (κ3) is 1.63. The molecular formula is C8H9N3O3. The summed E-state index contributed by atoms with van der Waals surface area (Å²) in [4.78, 5) is 20.9. The van der Waals surface area contributed by atoms with Crippen molar-refractivity contribution < 1.29 is 9.72 Å². The average molecular weight is 195 g/mol. The second kappa shape index (κ2) is 3.73. The normalized spacial score (nSPS) is 9.50. The van der Waals surface area contributed by atoms with Gasteiger partial charge in [-0.05, 0) is 12.1 Å². The first kappa shape index (κ1) is 9.97. The molecule has 0 saturated heterocycles. The van der Waals surface area contributed by atoms with Gasteiger partial charge in [-0.25, -0.2) is 0 Å². The number of anilines is 1. The lowest BCUT2D eigenvalue weighted by atomic mass is 10.1. The van der Waals surface area contributed by atoms with Crippen LogP contribution in [0.5, 0.6) is 0 Å². The third-order valence-electron chi connectivity index (χ3n) is 1.75. The number of nitro benzene ring substituents is 1. The molecule has 0 unspecified atom stereocenters. The van der Waals surface area contributed by atoms with Gasteiger partial charge in [-0.1, -0.05) is 6.07 Å². The monoisotopic (exact) mass is 195 g/mol. The number of hydrogen-bond acceptors (Lipinski definition) is 4. The number of nitrogens with one attached hydrogen (secondary N) is 1. The first-order valence-corrected chi connectivity index (χ1v) is 3.83. The second-order valence-corrected chi connectivity index (χ2v) is 2.57. The van der Waals surface area contributed by atoms with Crippen molar-refractivity contribution in [2.75, 3.05) is 12.4 Å². The average Bonchev–Trinajstić information content (AvgIpc) is 2.16. The number of amides is 1. The number of hydrogen-bond donors (Lipinski definition) is 2. The maximum absolute atomic E-state index is 10.9. The lowest BCUT2D eigenvalue weighted by molar-refractivity contribution is -0.384. The molecule has 0 bridgehead atoms. The van der Waals surface area contributed by atoms with Crippen molar-refractivity contribution in [3.63, 3.8) is 0 Å². The fraction of sp³-hybridized carbons (Fsp3) is 0.125. The minimum Gasteiger partial charge on any atom is -0.383 e. The van der Waals surface area contributed by atoms with E-state index in [2.05, 4.69) is 5.32 Å². The molecule has 0 saturated carbocycles. The highest BCUT2D eigenvalue weighted by molar-refractivity contribution is 5.99. The number of primary amides is 1. The van der Waals surface area contributed by atoms with Gasteiger partial charge in [0.2, 0.25) is 0 Å². The molecule has 1 aromatic rings. The summed E-state index contributed by atoms with van der Waals surface area (Å²) in [5.74, 6) is -0.811. The number of para-hydroxylation sites is 1. The molecule has 0 fully saturated rings. The Balaban J connectivity index is 3.43. The molecule has 0 aliphatic carbocycles. The summed E-state index contributed by atoms with van der Waals surface area (Å²) in [5, 5.41) is 13.3. The van der Waals surface area contributed by atoms with Crippen LogP contribution in [0.15, 0.2) is 18.2 Å². The first-order valence-electron chi connectivity index (χ1n) is 3.83. The summed E-state index contributed by atoms with van der Waals surface area (Å²) >= 11 is 0. The number of nitrogens with zero attached hydrogens (tertiary/aromatic N) is 1. The van der Waals surface area contributed by atoms with E-state index in [1.807, 2.05) is 0 Å². The Kier molecular flexibility index (Phi) is 2.66. The van der Waals surface area contributed by atoms with Crippen molar-refractivity contribution in [2.45, 2.75) is 0 Å². The summed E-state index contributed by atoms with van der Waals surface area (Å²) in [7, 11) is 1.53. The van der Waals surface area contributed by atoms with Crippen LogP contribution >= 0.6 is 0 Å². The summed E-state index contributed by atoms with van der Waals surface area (Å²) in [6.07, 6.45) is 0. The van der Waals surface area contributed by atoms with Crippen LogP contribution in [-0.4, -0.2) is 17.9 Å². The van der Waals surface area contributed by atoms with Gasteiger partial charge >= 0.3 is 5.69 Å². The van der Waals surface area contributed by atoms with Crippen LogP contribution in [-0.2, 0) is 0 Å². The van der Waals surface area contributed by atoms with E-state index in [1.54, 1.807) is 0 Å². The Morgan fingerprint density at radius 3 is 2.64 bits per heavy atom. The molecule has 3 N–H and O–H groups in total. The minimum absolute atomic E-state index is 0.0955. The predicted octanol–water partition coefficient (Wildman–Crippen LogP) is 0.735. The third-order valence-corrected chi connectivity index (χ3v) is 1.75. The van der Waals surface area contributed by atoms with Crippen molar-refractivity contribution in [3.05, 3.63) is 33.9 Å². The molecular weight excluding hydrogens is 186 g/mol. The molecule has 0 aliphatic heterocycles. The topological polar surface area (TPSA) is 98.3 Å². The zero-order valence-corrected chi connectivity index (χ0v) is 7.48. The Labute approximate surface area is 79.9 Å². The summed E-state index contributed by atoms with van der Waals surface area (Å²) in [6.45, 7) is 0. The fourth-order valence-electron chi connectivity index (χ4n) is 1.14. The lowest BCUT2D eigenvalue weighted by Crippen LogP contribution is -2.14. The minimum atomic E-state index is -0.811. The zero-order chi connectivity index (χ0) is 10.7. The van der Waals surface area contributed by atoms with Crippen molar-refractivity contribution in [3.8, 4) is 0 Å². The van der Waals surface area contributed by atoms with Crippen LogP contribution < -0.4 is 11.1 Å². The van der Waals surface area contributed by atoms with Crippen LogP contribution in [0.3, 0.4) is 0 Å². The number of carbonyl (C=O) groups excluding carboxylic acids is 1. The highest BCUT2D eigenvalue weighted by atomic mass is 16.6. The van der Waals surface area contributed by atoms with E-state index in [1.165, 1.54) is 25.2 Å². The first-order chi connectivity index (χ1) is 6.57. The van der Waals surface area contributed by atoms with Gasteiger partial charge in [0.05, 0.1) is 4.92 Å². The molecule has 14 heavy (non-hydrogen) atoms. The molecule has 0 heterocycles. The van der Waals surface area contributed by atoms with E-state index < -0.39 is 10.8 Å². The highest BCUT2D eigenvalue weighted by Crippen LogP contribution is 2.27. The quantitative estimate of drug-likeness (QED) is 0.548. The maximum atomic E-state index is 10.9. The molecule has 0 spiro atoms. The smallest absolute Gasteiger partial charge is 0.304 e. The highest BCUT2D eigenvalue weighted by Gasteiger charge is 2.21. The molecule has 74 valence electrons. The van der Waals surface area contributed by atoms with Gasteiger partial charge in [0.1, 0.15) is 11.3 Å². The predicted molar refractivity (Wildman–Crippen MR) is 51.2 cm³/mol. The van der Waals surface area contributed by atoms with Gasteiger partial charge in [-0.15, -0.1) is 0 Å². The molecule has 6 nitrogen and oxygen atoms in total. The molecule has 0 atom stereocenters. The molecule has 0 aromatic heterocycles. The Morgan fingerprint density at radius 2 is 2.21 bits per heavy atom. The van der Waals surface area contributed by atoms with Crippen LogP contribution in [0.1, 0.15) is 10.4 Å². The van der Waals surface area contributed by atoms with Crippen molar-refractivity contribution >= 4 is 17.3 Å². The van der Waals surface area contributed by atoms with Crippen molar-refractivity contribution in [1.29, 1.82) is 0 Å². The molecule has 0 aliphatic rings. The van der Waals surface area contributed by atoms with E-state index >= 15 is 0 Å². The molecule has 1 rings (SSSR count). The molecule has 1 amide bonds. The van der Waals surface area contributed by atoms with Gasteiger partial charge in [0.25, 0.3) is 5.91 Å². The lowest BCUT2D eigenvalue weighted by Gasteiger charge is -2.04. The molecule has 0 radical (unpaired) electrons. The molecule has 6 heteroatoms. The Hall–Kier alpha value is -2.11. The van der Waals surface area contributed by atoms with Gasteiger partial charge < -0.3 is 11.1 Å². The number of nitrogens with two attached hydrogens (primary N) is 1. The van der Waals surface area contributed by atoms with Crippen molar-refractivity contribution in [2.24, 2.45) is 5.73 Å². The maximum Gasteiger partial charge on any atom is 0.304 e. The standard InChI is InChI=1S/C8H9N3O3/c1-10-6-4-2-3-5(8(9)12)7(6)11(13)14/h2-4,10H,1H3,(H2,9,12).